The van der Waals surface area contributed by atoms with Gasteiger partial charge in [0.1, 0.15) is 0 Å². The van der Waals surface area contributed by atoms with Crippen molar-refractivity contribution in [2.45, 2.75) is 26.7 Å². The summed E-state index contributed by atoms with van der Waals surface area (Å²) < 4.78 is 7.49. The van der Waals surface area contributed by atoms with Gasteiger partial charge in [-0.25, -0.2) is 4.98 Å². The molecule has 0 unspecified atom stereocenters. The fourth-order valence-corrected chi connectivity index (χ4v) is 1.88. The standard InChI is InChI=1S/C14H19N3O2/c1-3-13(18)15-8-7-11-10-17-9-5-6-12(19-4-2)14(17)16-11/h5-6,9-10H,3-4,7-8H2,1-2H3,(H,15,18). The van der Waals surface area contributed by atoms with Gasteiger partial charge in [0.25, 0.3) is 0 Å². The van der Waals surface area contributed by atoms with Crippen LogP contribution >= 0.6 is 0 Å². The van der Waals surface area contributed by atoms with E-state index in [0.29, 0.717) is 19.6 Å². The summed E-state index contributed by atoms with van der Waals surface area (Å²) in [7, 11) is 0. The van der Waals surface area contributed by atoms with Gasteiger partial charge in [-0.05, 0) is 19.1 Å². The van der Waals surface area contributed by atoms with Gasteiger partial charge >= 0.3 is 0 Å². The third kappa shape index (κ3) is 3.24. The Hall–Kier alpha value is -2.04. The number of ether oxygens (including phenoxy) is 1. The second-order valence-electron chi connectivity index (χ2n) is 4.22. The zero-order valence-electron chi connectivity index (χ0n) is 11.3. The van der Waals surface area contributed by atoms with E-state index in [0.717, 1.165) is 23.5 Å². The number of fused-ring (bicyclic) bond motifs is 1. The summed E-state index contributed by atoms with van der Waals surface area (Å²) in [6.07, 6.45) is 5.15. The minimum absolute atomic E-state index is 0.0683. The van der Waals surface area contributed by atoms with E-state index < -0.39 is 0 Å². The topological polar surface area (TPSA) is 55.6 Å². The first-order valence-corrected chi connectivity index (χ1v) is 6.60. The molecule has 0 saturated carbocycles. The molecule has 0 aromatic carbocycles. The van der Waals surface area contributed by atoms with Crippen LogP contribution in [0.5, 0.6) is 5.75 Å². The molecule has 1 amide bonds. The quantitative estimate of drug-likeness (QED) is 0.862. The second kappa shape index (κ2) is 6.22. The number of rotatable bonds is 6. The van der Waals surface area contributed by atoms with Crippen molar-refractivity contribution in [2.75, 3.05) is 13.2 Å². The average molecular weight is 261 g/mol. The molecule has 5 nitrogen and oxygen atoms in total. The molecule has 2 heterocycles. The maximum absolute atomic E-state index is 11.2. The van der Waals surface area contributed by atoms with Crippen molar-refractivity contribution < 1.29 is 9.53 Å². The molecule has 0 saturated heterocycles. The van der Waals surface area contributed by atoms with E-state index in [1.807, 2.05) is 42.8 Å². The Morgan fingerprint density at radius 1 is 1.47 bits per heavy atom. The Kier molecular flexibility index (Phi) is 4.39. The van der Waals surface area contributed by atoms with Crippen LogP contribution < -0.4 is 10.1 Å². The van der Waals surface area contributed by atoms with Gasteiger partial charge in [0.2, 0.25) is 5.91 Å². The number of imidazole rings is 1. The van der Waals surface area contributed by atoms with Crippen LogP contribution in [0.3, 0.4) is 0 Å². The van der Waals surface area contributed by atoms with Gasteiger partial charge in [-0.1, -0.05) is 6.92 Å². The van der Waals surface area contributed by atoms with Gasteiger partial charge in [0.15, 0.2) is 11.4 Å². The van der Waals surface area contributed by atoms with Gasteiger partial charge in [-0.15, -0.1) is 0 Å². The highest BCUT2D eigenvalue weighted by atomic mass is 16.5. The number of aromatic nitrogens is 2. The van der Waals surface area contributed by atoms with Crippen LogP contribution in [0.4, 0.5) is 0 Å². The van der Waals surface area contributed by atoms with Gasteiger partial charge in [-0.3, -0.25) is 4.79 Å². The molecule has 2 aromatic heterocycles. The zero-order chi connectivity index (χ0) is 13.7. The van der Waals surface area contributed by atoms with E-state index in [2.05, 4.69) is 10.3 Å². The molecule has 0 bridgehead atoms. The number of nitrogens with one attached hydrogen (secondary N) is 1. The molecule has 2 rings (SSSR count). The fourth-order valence-electron chi connectivity index (χ4n) is 1.88. The first-order valence-electron chi connectivity index (χ1n) is 6.60. The normalized spacial score (nSPS) is 10.6. The van der Waals surface area contributed by atoms with Gasteiger partial charge < -0.3 is 14.5 Å². The molecule has 0 aliphatic rings. The molecule has 0 spiro atoms. The highest BCUT2D eigenvalue weighted by Gasteiger charge is 2.07. The van der Waals surface area contributed by atoms with Crippen LogP contribution in [0.2, 0.25) is 0 Å². The van der Waals surface area contributed by atoms with Crippen LogP contribution in [0.1, 0.15) is 26.0 Å². The van der Waals surface area contributed by atoms with Crippen LogP contribution in [0.15, 0.2) is 24.5 Å². The SMILES string of the molecule is CCOc1cccn2cc(CCNC(=O)CC)nc12. The molecule has 0 fully saturated rings. The molecule has 2 aromatic rings. The predicted molar refractivity (Wildman–Crippen MR) is 73.4 cm³/mol. The average Bonchev–Trinajstić information content (AvgIpc) is 2.82. The molecular formula is C14H19N3O2. The van der Waals surface area contributed by atoms with E-state index in [-0.39, 0.29) is 5.91 Å². The highest BCUT2D eigenvalue weighted by Crippen LogP contribution is 2.18. The van der Waals surface area contributed by atoms with E-state index >= 15 is 0 Å². The summed E-state index contributed by atoms with van der Waals surface area (Å²) in [5, 5.41) is 2.85. The molecule has 0 radical (unpaired) electrons. The molecular weight excluding hydrogens is 242 g/mol. The van der Waals surface area contributed by atoms with Crippen molar-refractivity contribution in [2.24, 2.45) is 0 Å². The van der Waals surface area contributed by atoms with E-state index in [9.17, 15) is 4.79 Å². The molecule has 5 heteroatoms. The number of amides is 1. The summed E-state index contributed by atoms with van der Waals surface area (Å²) in [6, 6.07) is 3.84. The molecule has 0 aliphatic carbocycles. The van der Waals surface area contributed by atoms with Crippen molar-refractivity contribution in [1.29, 1.82) is 0 Å². The Balaban J connectivity index is 2.08. The third-order valence-corrected chi connectivity index (χ3v) is 2.82. The number of hydrogen-bond donors (Lipinski definition) is 1. The summed E-state index contributed by atoms with van der Waals surface area (Å²) >= 11 is 0. The maximum Gasteiger partial charge on any atom is 0.219 e. The minimum atomic E-state index is 0.0683. The van der Waals surface area contributed by atoms with Crippen LogP contribution in [0.25, 0.3) is 5.65 Å². The van der Waals surface area contributed by atoms with Crippen molar-refractivity contribution in [3.63, 3.8) is 0 Å². The highest BCUT2D eigenvalue weighted by molar-refractivity contribution is 5.75. The van der Waals surface area contributed by atoms with Crippen molar-refractivity contribution in [3.05, 3.63) is 30.2 Å². The van der Waals surface area contributed by atoms with Gasteiger partial charge in [0.05, 0.1) is 12.3 Å². The van der Waals surface area contributed by atoms with Crippen molar-refractivity contribution in [1.82, 2.24) is 14.7 Å². The summed E-state index contributed by atoms with van der Waals surface area (Å²) in [6.45, 7) is 5.02. The molecule has 1 N–H and O–H groups in total. The lowest BCUT2D eigenvalue weighted by molar-refractivity contribution is -0.120. The number of hydrogen-bond acceptors (Lipinski definition) is 3. The monoisotopic (exact) mass is 261 g/mol. The number of nitrogens with zero attached hydrogens (tertiary/aromatic N) is 2. The van der Waals surface area contributed by atoms with Crippen LogP contribution in [-0.4, -0.2) is 28.4 Å². The maximum atomic E-state index is 11.2. The predicted octanol–water partition coefficient (Wildman–Crippen LogP) is 1.80. The van der Waals surface area contributed by atoms with Crippen LogP contribution in [0, 0.1) is 0 Å². The molecule has 0 atom stereocenters. The zero-order valence-corrected chi connectivity index (χ0v) is 11.3. The van der Waals surface area contributed by atoms with Crippen LogP contribution in [-0.2, 0) is 11.2 Å². The summed E-state index contributed by atoms with van der Waals surface area (Å²) in [5.74, 6) is 0.854. The summed E-state index contributed by atoms with van der Waals surface area (Å²) in [5.41, 5.74) is 1.77. The van der Waals surface area contributed by atoms with Crippen molar-refractivity contribution >= 4 is 11.6 Å². The largest absolute Gasteiger partial charge is 0.490 e. The first kappa shape index (κ1) is 13.4. The van der Waals surface area contributed by atoms with Crippen molar-refractivity contribution in [3.8, 4) is 5.75 Å². The third-order valence-electron chi connectivity index (χ3n) is 2.82. The molecule has 102 valence electrons. The Morgan fingerprint density at radius 2 is 2.32 bits per heavy atom. The first-order chi connectivity index (χ1) is 9.24. The van der Waals surface area contributed by atoms with Gasteiger partial charge in [-0.2, -0.15) is 0 Å². The van der Waals surface area contributed by atoms with E-state index in [4.69, 9.17) is 4.74 Å². The summed E-state index contributed by atoms with van der Waals surface area (Å²) in [4.78, 5) is 15.7. The Morgan fingerprint density at radius 3 is 3.05 bits per heavy atom. The fraction of sp³-hybridized carbons (Fsp3) is 0.429. The van der Waals surface area contributed by atoms with E-state index in [1.54, 1.807) is 0 Å². The second-order valence-corrected chi connectivity index (χ2v) is 4.22. The Labute approximate surface area is 112 Å². The Bertz CT molecular complexity index is 563. The lowest BCUT2D eigenvalue weighted by Crippen LogP contribution is -2.24. The smallest absolute Gasteiger partial charge is 0.219 e. The molecule has 19 heavy (non-hydrogen) atoms. The lowest BCUT2D eigenvalue weighted by Gasteiger charge is -2.03. The lowest BCUT2D eigenvalue weighted by atomic mass is 10.3. The van der Waals surface area contributed by atoms with E-state index in [1.165, 1.54) is 0 Å². The number of carbonyl (C=O) groups is 1. The number of carbonyl (C=O) groups excluding carboxylic acids is 1. The minimum Gasteiger partial charge on any atom is -0.490 e. The number of pyridine rings is 1. The van der Waals surface area contributed by atoms with Gasteiger partial charge in [0, 0.05) is 31.8 Å². The molecule has 0 aliphatic heterocycles.